The standard InChI is InChI=1S/C10H11BrN2O2/c11-7-1-3-8(4-2-7)13-9(5-12)6-15-10(13)14/h1-4,9H,5-6,12H2. The van der Waals surface area contributed by atoms with E-state index in [0.29, 0.717) is 13.2 Å². The van der Waals surface area contributed by atoms with E-state index in [4.69, 9.17) is 10.5 Å². The Balaban J connectivity index is 2.28. The number of amides is 1. The molecule has 1 aliphatic rings. The molecule has 1 saturated heterocycles. The molecule has 0 bridgehead atoms. The summed E-state index contributed by atoms with van der Waals surface area (Å²) in [5.41, 5.74) is 6.39. The minimum Gasteiger partial charge on any atom is -0.447 e. The Morgan fingerprint density at radius 3 is 2.73 bits per heavy atom. The zero-order valence-electron chi connectivity index (χ0n) is 8.02. The van der Waals surface area contributed by atoms with E-state index in [1.807, 2.05) is 24.3 Å². The van der Waals surface area contributed by atoms with Crippen LogP contribution in [0.25, 0.3) is 0 Å². The minimum absolute atomic E-state index is 0.0568. The zero-order valence-corrected chi connectivity index (χ0v) is 9.61. The third-order valence-electron chi connectivity index (χ3n) is 2.34. The van der Waals surface area contributed by atoms with E-state index in [1.54, 1.807) is 4.90 Å². The van der Waals surface area contributed by atoms with Crippen LogP contribution in [0.2, 0.25) is 0 Å². The first-order valence-corrected chi connectivity index (χ1v) is 5.43. The summed E-state index contributed by atoms with van der Waals surface area (Å²) < 4.78 is 5.92. The van der Waals surface area contributed by atoms with Crippen molar-refractivity contribution in [2.45, 2.75) is 6.04 Å². The van der Waals surface area contributed by atoms with Gasteiger partial charge in [0.1, 0.15) is 6.61 Å². The molecular formula is C10H11BrN2O2. The Hall–Kier alpha value is -1.07. The van der Waals surface area contributed by atoms with Gasteiger partial charge in [-0.1, -0.05) is 15.9 Å². The number of rotatable bonds is 2. The molecule has 5 heteroatoms. The van der Waals surface area contributed by atoms with E-state index in [2.05, 4.69) is 15.9 Å². The third-order valence-corrected chi connectivity index (χ3v) is 2.87. The van der Waals surface area contributed by atoms with E-state index < -0.39 is 0 Å². The first kappa shape index (κ1) is 10.4. The molecule has 1 heterocycles. The number of nitrogens with two attached hydrogens (primary N) is 1. The first-order chi connectivity index (χ1) is 7.22. The molecule has 15 heavy (non-hydrogen) atoms. The highest BCUT2D eigenvalue weighted by Gasteiger charge is 2.32. The number of carbonyl (C=O) groups excluding carboxylic acids is 1. The second kappa shape index (κ2) is 4.20. The minimum atomic E-state index is -0.326. The maximum Gasteiger partial charge on any atom is 0.414 e. The fraction of sp³-hybridized carbons (Fsp3) is 0.300. The van der Waals surface area contributed by atoms with Crippen LogP contribution in [0.4, 0.5) is 10.5 Å². The van der Waals surface area contributed by atoms with Gasteiger partial charge < -0.3 is 10.5 Å². The SMILES string of the molecule is NCC1COC(=O)N1c1ccc(Br)cc1. The average molecular weight is 271 g/mol. The summed E-state index contributed by atoms with van der Waals surface area (Å²) in [6, 6.07) is 7.43. The summed E-state index contributed by atoms with van der Waals surface area (Å²) in [6.45, 7) is 0.771. The van der Waals surface area contributed by atoms with E-state index >= 15 is 0 Å². The van der Waals surface area contributed by atoms with Crippen LogP contribution in [0.1, 0.15) is 0 Å². The average Bonchev–Trinajstić information content (AvgIpc) is 2.61. The number of halogens is 1. The van der Waals surface area contributed by atoms with E-state index in [-0.39, 0.29) is 12.1 Å². The lowest BCUT2D eigenvalue weighted by atomic mass is 10.2. The molecule has 80 valence electrons. The van der Waals surface area contributed by atoms with Crippen LogP contribution in [0.5, 0.6) is 0 Å². The summed E-state index contributed by atoms with van der Waals surface area (Å²) in [6.07, 6.45) is -0.326. The maximum atomic E-state index is 11.5. The maximum absolute atomic E-state index is 11.5. The van der Waals surface area contributed by atoms with E-state index in [1.165, 1.54) is 0 Å². The normalized spacial score (nSPS) is 20.5. The van der Waals surface area contributed by atoms with Crippen molar-refractivity contribution in [3.05, 3.63) is 28.7 Å². The first-order valence-electron chi connectivity index (χ1n) is 4.64. The molecule has 0 aromatic heterocycles. The molecular weight excluding hydrogens is 260 g/mol. The Morgan fingerprint density at radius 1 is 1.47 bits per heavy atom. The largest absolute Gasteiger partial charge is 0.447 e. The van der Waals surface area contributed by atoms with Crippen LogP contribution < -0.4 is 10.6 Å². The quantitative estimate of drug-likeness (QED) is 0.891. The van der Waals surface area contributed by atoms with Gasteiger partial charge in [-0.3, -0.25) is 4.90 Å². The van der Waals surface area contributed by atoms with Crippen molar-refractivity contribution in [3.63, 3.8) is 0 Å². The number of benzene rings is 1. The third kappa shape index (κ3) is 1.98. The fourth-order valence-electron chi connectivity index (χ4n) is 1.55. The van der Waals surface area contributed by atoms with Gasteiger partial charge in [-0.05, 0) is 24.3 Å². The molecule has 2 rings (SSSR count). The molecule has 0 saturated carbocycles. The van der Waals surface area contributed by atoms with Gasteiger partial charge >= 0.3 is 6.09 Å². The summed E-state index contributed by atoms with van der Waals surface area (Å²) >= 11 is 3.34. The lowest BCUT2D eigenvalue weighted by Crippen LogP contribution is -2.38. The molecule has 1 atom stereocenters. The lowest BCUT2D eigenvalue weighted by molar-refractivity contribution is 0.179. The molecule has 0 spiro atoms. The zero-order chi connectivity index (χ0) is 10.8. The monoisotopic (exact) mass is 270 g/mol. The van der Waals surface area contributed by atoms with Gasteiger partial charge in [0.15, 0.2) is 0 Å². The number of anilines is 1. The highest BCUT2D eigenvalue weighted by atomic mass is 79.9. The van der Waals surface area contributed by atoms with Crippen LogP contribution in [0, 0.1) is 0 Å². The molecule has 2 N–H and O–H groups in total. The van der Waals surface area contributed by atoms with Crippen molar-refractivity contribution in [3.8, 4) is 0 Å². The topological polar surface area (TPSA) is 55.6 Å². The van der Waals surface area contributed by atoms with Crippen LogP contribution in [0.3, 0.4) is 0 Å². The summed E-state index contributed by atoms with van der Waals surface area (Å²) in [4.78, 5) is 13.1. The predicted octanol–water partition coefficient (Wildman–Crippen LogP) is 1.73. The molecule has 0 radical (unpaired) electrons. The number of ether oxygens (including phenoxy) is 1. The Bertz CT molecular complexity index is 366. The van der Waals surface area contributed by atoms with E-state index in [0.717, 1.165) is 10.2 Å². The number of cyclic esters (lactones) is 1. The smallest absolute Gasteiger partial charge is 0.414 e. The van der Waals surface area contributed by atoms with Gasteiger partial charge in [-0.2, -0.15) is 0 Å². The fourth-order valence-corrected chi connectivity index (χ4v) is 1.82. The Kier molecular flexibility index (Phi) is 2.93. The molecule has 1 aromatic carbocycles. The second-order valence-electron chi connectivity index (χ2n) is 3.31. The van der Waals surface area contributed by atoms with Gasteiger partial charge in [0, 0.05) is 16.7 Å². The van der Waals surface area contributed by atoms with Crippen molar-refractivity contribution in [2.75, 3.05) is 18.1 Å². The number of nitrogens with zero attached hydrogens (tertiary/aromatic N) is 1. The molecule has 1 aromatic rings. The van der Waals surface area contributed by atoms with Crippen LogP contribution >= 0.6 is 15.9 Å². The van der Waals surface area contributed by atoms with Crippen molar-refractivity contribution in [2.24, 2.45) is 5.73 Å². The van der Waals surface area contributed by atoms with Gasteiger partial charge in [-0.25, -0.2) is 4.79 Å². The van der Waals surface area contributed by atoms with Crippen molar-refractivity contribution in [1.29, 1.82) is 0 Å². The molecule has 0 aliphatic carbocycles. The van der Waals surface area contributed by atoms with Crippen LogP contribution in [0.15, 0.2) is 28.7 Å². The lowest BCUT2D eigenvalue weighted by Gasteiger charge is -2.19. The summed E-state index contributed by atoms with van der Waals surface area (Å²) in [7, 11) is 0. The Morgan fingerprint density at radius 2 is 2.13 bits per heavy atom. The van der Waals surface area contributed by atoms with Gasteiger partial charge in [0.2, 0.25) is 0 Å². The summed E-state index contributed by atoms with van der Waals surface area (Å²) in [5, 5.41) is 0. The van der Waals surface area contributed by atoms with Crippen molar-refractivity contribution >= 4 is 27.7 Å². The Labute approximate surface area is 96.1 Å². The van der Waals surface area contributed by atoms with Gasteiger partial charge in [0.05, 0.1) is 6.04 Å². The van der Waals surface area contributed by atoms with Crippen LogP contribution in [-0.4, -0.2) is 25.3 Å². The number of hydrogen-bond acceptors (Lipinski definition) is 3. The molecule has 4 nitrogen and oxygen atoms in total. The van der Waals surface area contributed by atoms with Crippen molar-refractivity contribution in [1.82, 2.24) is 0 Å². The highest BCUT2D eigenvalue weighted by molar-refractivity contribution is 9.10. The van der Waals surface area contributed by atoms with Gasteiger partial charge in [-0.15, -0.1) is 0 Å². The molecule has 1 amide bonds. The van der Waals surface area contributed by atoms with Crippen molar-refractivity contribution < 1.29 is 9.53 Å². The molecule has 1 fully saturated rings. The van der Waals surface area contributed by atoms with Gasteiger partial charge in [0.25, 0.3) is 0 Å². The van der Waals surface area contributed by atoms with Crippen LogP contribution in [-0.2, 0) is 4.74 Å². The predicted molar refractivity (Wildman–Crippen MR) is 60.8 cm³/mol. The highest BCUT2D eigenvalue weighted by Crippen LogP contribution is 2.24. The van der Waals surface area contributed by atoms with E-state index in [9.17, 15) is 4.79 Å². The summed E-state index contributed by atoms with van der Waals surface area (Å²) in [5.74, 6) is 0. The molecule has 1 unspecified atom stereocenters. The second-order valence-corrected chi connectivity index (χ2v) is 4.23. The number of carbonyl (C=O) groups is 1. The molecule has 1 aliphatic heterocycles. The number of hydrogen-bond donors (Lipinski definition) is 1.